The third-order valence-electron chi connectivity index (χ3n) is 3.58. The minimum absolute atomic E-state index is 0.246. The van der Waals surface area contributed by atoms with Gasteiger partial charge in [0.1, 0.15) is 18.1 Å². The lowest BCUT2D eigenvalue weighted by atomic mass is 10.2. The van der Waals surface area contributed by atoms with E-state index in [1.165, 1.54) is 16.4 Å². The molecule has 3 aromatic rings. The molecule has 3 rings (SSSR count). The Hall–Kier alpha value is -2.93. The highest BCUT2D eigenvalue weighted by molar-refractivity contribution is 7.99. The van der Waals surface area contributed by atoms with E-state index in [1.807, 2.05) is 42.5 Å². The van der Waals surface area contributed by atoms with Gasteiger partial charge in [-0.2, -0.15) is 0 Å². The summed E-state index contributed by atoms with van der Waals surface area (Å²) < 4.78 is 12.3. The molecule has 0 atom stereocenters. The smallest absolute Gasteiger partial charge is 0.210 e. The van der Waals surface area contributed by atoms with Crippen LogP contribution in [0, 0.1) is 0 Å². The van der Waals surface area contributed by atoms with E-state index in [2.05, 4.69) is 34.5 Å². The number of benzene rings is 2. The molecular weight excluding hydrogens is 348 g/mol. The van der Waals surface area contributed by atoms with Crippen LogP contribution in [0.3, 0.4) is 0 Å². The van der Waals surface area contributed by atoms with Crippen LogP contribution in [0.15, 0.2) is 65.8 Å². The predicted octanol–water partition coefficient (Wildman–Crippen LogP) is 3.39. The lowest BCUT2D eigenvalue weighted by molar-refractivity contribution is 0.291. The molecule has 0 saturated carbocycles. The fraction of sp³-hybridized carbons (Fsp3) is 0.158. The average molecular weight is 368 g/mol. The van der Waals surface area contributed by atoms with Crippen molar-refractivity contribution in [3.05, 3.63) is 72.1 Å². The lowest BCUT2D eigenvalue weighted by Crippen LogP contribution is -2.15. The summed E-state index contributed by atoms with van der Waals surface area (Å²) in [5, 5.41) is 8.86. The van der Waals surface area contributed by atoms with Crippen LogP contribution in [0.25, 0.3) is 6.08 Å². The fourth-order valence-electron chi connectivity index (χ4n) is 2.19. The van der Waals surface area contributed by atoms with Crippen LogP contribution in [0.4, 0.5) is 0 Å². The van der Waals surface area contributed by atoms with Crippen LogP contribution in [-0.2, 0) is 6.61 Å². The second-order valence-corrected chi connectivity index (χ2v) is 6.34. The third kappa shape index (κ3) is 4.80. The van der Waals surface area contributed by atoms with E-state index in [0.717, 1.165) is 17.1 Å². The van der Waals surface area contributed by atoms with Crippen LogP contribution in [-0.4, -0.2) is 27.7 Å². The average Bonchev–Trinajstić information content (AvgIpc) is 3.04. The van der Waals surface area contributed by atoms with Gasteiger partial charge in [0, 0.05) is 5.75 Å². The molecule has 7 heteroatoms. The molecule has 0 saturated heterocycles. The summed E-state index contributed by atoms with van der Waals surface area (Å²) in [7, 11) is 1.63. The standard InChI is InChI=1S/C19H20N4O2S/c1-24-16-9-11-17(12-10-16)25-14-18-21-22-19(23(18)20)26-13-5-8-15-6-3-2-4-7-15/h2-12H,13-14,20H2,1H3/b8-5+. The molecule has 0 aliphatic rings. The summed E-state index contributed by atoms with van der Waals surface area (Å²) in [5.41, 5.74) is 1.16. The Bertz CT molecular complexity index is 848. The molecule has 0 radical (unpaired) electrons. The summed E-state index contributed by atoms with van der Waals surface area (Å²) in [6, 6.07) is 17.5. The van der Waals surface area contributed by atoms with Gasteiger partial charge in [-0.3, -0.25) is 0 Å². The molecule has 1 heterocycles. The summed E-state index contributed by atoms with van der Waals surface area (Å²) in [4.78, 5) is 0. The first-order valence-electron chi connectivity index (χ1n) is 8.07. The van der Waals surface area contributed by atoms with Crippen molar-refractivity contribution in [3.63, 3.8) is 0 Å². The Morgan fingerprint density at radius 1 is 1.04 bits per heavy atom. The van der Waals surface area contributed by atoms with Crippen LogP contribution >= 0.6 is 11.8 Å². The van der Waals surface area contributed by atoms with Gasteiger partial charge in [0.05, 0.1) is 7.11 Å². The molecule has 0 unspecified atom stereocenters. The van der Waals surface area contributed by atoms with Crippen molar-refractivity contribution in [2.45, 2.75) is 11.8 Å². The number of nitrogens with zero attached hydrogens (tertiary/aromatic N) is 3. The summed E-state index contributed by atoms with van der Waals surface area (Å²) >= 11 is 1.52. The van der Waals surface area contributed by atoms with Crippen LogP contribution in [0.1, 0.15) is 11.4 Å². The van der Waals surface area contributed by atoms with E-state index >= 15 is 0 Å². The van der Waals surface area contributed by atoms with Gasteiger partial charge in [-0.25, -0.2) is 4.68 Å². The molecule has 0 amide bonds. The van der Waals surface area contributed by atoms with Crippen LogP contribution in [0.5, 0.6) is 11.5 Å². The Labute approximate surface area is 156 Å². The van der Waals surface area contributed by atoms with Crippen molar-refractivity contribution in [2.24, 2.45) is 0 Å². The Balaban J connectivity index is 1.51. The molecule has 134 valence electrons. The minimum Gasteiger partial charge on any atom is -0.497 e. The van der Waals surface area contributed by atoms with Crippen molar-refractivity contribution >= 4 is 17.8 Å². The number of thioether (sulfide) groups is 1. The lowest BCUT2D eigenvalue weighted by Gasteiger charge is -2.07. The largest absolute Gasteiger partial charge is 0.497 e. The molecule has 26 heavy (non-hydrogen) atoms. The molecule has 0 aliphatic heterocycles. The maximum atomic E-state index is 6.05. The Kier molecular flexibility index (Phi) is 6.16. The number of aromatic nitrogens is 3. The summed E-state index contributed by atoms with van der Waals surface area (Å²) in [6.07, 6.45) is 4.14. The zero-order valence-corrected chi connectivity index (χ0v) is 15.2. The van der Waals surface area contributed by atoms with E-state index in [4.69, 9.17) is 15.3 Å². The molecule has 2 N–H and O–H groups in total. The molecule has 0 spiro atoms. The zero-order chi connectivity index (χ0) is 18.2. The molecule has 0 bridgehead atoms. The molecule has 0 fully saturated rings. The van der Waals surface area contributed by atoms with Crippen molar-refractivity contribution in [3.8, 4) is 11.5 Å². The number of hydrogen-bond acceptors (Lipinski definition) is 6. The highest BCUT2D eigenvalue weighted by atomic mass is 32.2. The Morgan fingerprint density at radius 3 is 2.50 bits per heavy atom. The highest BCUT2D eigenvalue weighted by Gasteiger charge is 2.10. The van der Waals surface area contributed by atoms with E-state index in [0.29, 0.717) is 16.7 Å². The maximum Gasteiger partial charge on any atom is 0.210 e. The minimum atomic E-state index is 0.246. The fourth-order valence-corrected chi connectivity index (χ4v) is 2.88. The monoisotopic (exact) mass is 368 g/mol. The van der Waals surface area contributed by atoms with Gasteiger partial charge < -0.3 is 15.3 Å². The SMILES string of the molecule is COc1ccc(OCc2nnc(SC/C=C/c3ccccc3)n2N)cc1. The van der Waals surface area contributed by atoms with Gasteiger partial charge in [-0.15, -0.1) is 10.2 Å². The number of nitrogen functional groups attached to an aromatic ring is 1. The van der Waals surface area contributed by atoms with Gasteiger partial charge >= 0.3 is 0 Å². The summed E-state index contributed by atoms with van der Waals surface area (Å²) in [6.45, 7) is 0.246. The number of ether oxygens (including phenoxy) is 2. The first-order valence-corrected chi connectivity index (χ1v) is 9.05. The van der Waals surface area contributed by atoms with E-state index in [1.54, 1.807) is 7.11 Å². The molecule has 0 aliphatic carbocycles. The second kappa shape index (κ2) is 8.96. The topological polar surface area (TPSA) is 75.2 Å². The quantitative estimate of drug-likeness (QED) is 0.485. The third-order valence-corrected chi connectivity index (χ3v) is 4.48. The van der Waals surface area contributed by atoms with Gasteiger partial charge in [-0.1, -0.05) is 54.2 Å². The normalized spacial score (nSPS) is 11.0. The van der Waals surface area contributed by atoms with Crippen molar-refractivity contribution in [1.82, 2.24) is 14.9 Å². The van der Waals surface area contributed by atoms with Crippen molar-refractivity contribution in [1.29, 1.82) is 0 Å². The van der Waals surface area contributed by atoms with E-state index in [9.17, 15) is 0 Å². The van der Waals surface area contributed by atoms with Crippen molar-refractivity contribution in [2.75, 3.05) is 18.7 Å². The highest BCUT2D eigenvalue weighted by Crippen LogP contribution is 2.19. The van der Waals surface area contributed by atoms with E-state index in [-0.39, 0.29) is 6.61 Å². The number of rotatable bonds is 8. The van der Waals surface area contributed by atoms with Gasteiger partial charge in [0.25, 0.3) is 0 Å². The van der Waals surface area contributed by atoms with Crippen LogP contribution in [0.2, 0.25) is 0 Å². The number of methoxy groups -OCH3 is 1. The summed E-state index contributed by atoms with van der Waals surface area (Å²) in [5.74, 6) is 8.87. The Morgan fingerprint density at radius 2 is 1.77 bits per heavy atom. The first kappa shape index (κ1) is 17.9. The zero-order valence-electron chi connectivity index (χ0n) is 14.4. The van der Waals surface area contributed by atoms with Gasteiger partial charge in [0.15, 0.2) is 5.82 Å². The first-order chi connectivity index (χ1) is 12.8. The molecular formula is C19H20N4O2S. The van der Waals surface area contributed by atoms with Gasteiger partial charge in [0.2, 0.25) is 5.16 Å². The maximum absolute atomic E-state index is 6.05. The molecule has 6 nitrogen and oxygen atoms in total. The van der Waals surface area contributed by atoms with Gasteiger partial charge in [-0.05, 0) is 29.8 Å². The van der Waals surface area contributed by atoms with E-state index < -0.39 is 0 Å². The second-order valence-electron chi connectivity index (χ2n) is 5.36. The number of nitrogens with two attached hydrogens (primary N) is 1. The number of hydrogen-bond donors (Lipinski definition) is 1. The van der Waals surface area contributed by atoms with Crippen molar-refractivity contribution < 1.29 is 9.47 Å². The molecule has 1 aromatic heterocycles. The predicted molar refractivity (Wildman–Crippen MR) is 104 cm³/mol. The molecule has 2 aromatic carbocycles. The van der Waals surface area contributed by atoms with Crippen LogP contribution < -0.4 is 15.3 Å².